The lowest BCUT2D eigenvalue weighted by molar-refractivity contribution is -0.303. The number of rotatable bonds is 2. The van der Waals surface area contributed by atoms with Crippen molar-refractivity contribution in [3.8, 4) is 0 Å². The van der Waals surface area contributed by atoms with Crippen LogP contribution in [0.2, 0.25) is 0 Å². The molecule has 1 rings (SSSR count). The third-order valence-electron chi connectivity index (χ3n) is 2.19. The van der Waals surface area contributed by atoms with Crippen molar-refractivity contribution in [1.29, 1.82) is 0 Å². The summed E-state index contributed by atoms with van der Waals surface area (Å²) in [5.74, 6) is -1.06. The fourth-order valence-electron chi connectivity index (χ4n) is 1.79. The third kappa shape index (κ3) is 3.28. The number of carbonyl (C=O) groups is 2. The standard InChI is InChI=1S/C10H15NO3/c1-10(2)4-7(3-8(12)5-10)11-6-9(13)14/h3-6H2,1-2H3,(H,13,14)/p-1. The highest BCUT2D eigenvalue weighted by atomic mass is 16.4. The lowest BCUT2D eigenvalue weighted by Crippen LogP contribution is -2.31. The molecule has 1 aliphatic rings. The molecule has 0 aromatic heterocycles. The molecule has 0 unspecified atom stereocenters. The predicted molar refractivity (Wildman–Crippen MR) is 49.9 cm³/mol. The first-order chi connectivity index (χ1) is 6.39. The zero-order valence-corrected chi connectivity index (χ0v) is 8.50. The molecule has 4 heteroatoms. The SMILES string of the molecule is CC1(C)CC(=O)CC(=NCC(=O)[O-])C1. The van der Waals surface area contributed by atoms with Crippen LogP contribution in [-0.2, 0) is 9.59 Å². The van der Waals surface area contributed by atoms with E-state index in [-0.39, 0.29) is 17.7 Å². The highest BCUT2D eigenvalue weighted by Gasteiger charge is 2.29. The molecule has 0 radical (unpaired) electrons. The molecule has 1 saturated carbocycles. The van der Waals surface area contributed by atoms with Crippen molar-refractivity contribution < 1.29 is 14.7 Å². The third-order valence-corrected chi connectivity index (χ3v) is 2.19. The molecule has 1 aliphatic carbocycles. The topological polar surface area (TPSA) is 69.6 Å². The number of Topliss-reactive ketones (excluding diaryl/α,β-unsaturated/α-hetero) is 1. The van der Waals surface area contributed by atoms with Gasteiger partial charge in [0.15, 0.2) is 0 Å². The van der Waals surface area contributed by atoms with E-state index in [0.717, 1.165) is 0 Å². The van der Waals surface area contributed by atoms with Gasteiger partial charge in [0.2, 0.25) is 0 Å². The minimum Gasteiger partial charge on any atom is -0.548 e. The van der Waals surface area contributed by atoms with Crippen LogP contribution < -0.4 is 5.11 Å². The van der Waals surface area contributed by atoms with Crippen molar-refractivity contribution in [2.75, 3.05) is 6.54 Å². The first-order valence-corrected chi connectivity index (χ1v) is 4.63. The van der Waals surface area contributed by atoms with E-state index < -0.39 is 5.97 Å². The Morgan fingerprint density at radius 1 is 1.50 bits per heavy atom. The van der Waals surface area contributed by atoms with Crippen molar-refractivity contribution >= 4 is 17.5 Å². The summed E-state index contributed by atoms with van der Waals surface area (Å²) < 4.78 is 0. The molecule has 0 amide bonds. The number of carboxylic acid groups (broad SMARTS) is 1. The van der Waals surface area contributed by atoms with Crippen molar-refractivity contribution in [3.05, 3.63) is 0 Å². The maximum Gasteiger partial charge on any atom is 0.139 e. The summed E-state index contributed by atoms with van der Waals surface area (Å²) in [6.45, 7) is 3.63. The minimum atomic E-state index is -1.20. The molecule has 0 saturated heterocycles. The summed E-state index contributed by atoms with van der Waals surface area (Å²) in [6.07, 6.45) is 1.56. The Balaban J connectivity index is 2.66. The van der Waals surface area contributed by atoms with E-state index in [1.165, 1.54) is 0 Å². The molecule has 0 spiro atoms. The van der Waals surface area contributed by atoms with Crippen LogP contribution in [0.25, 0.3) is 0 Å². The number of nitrogens with zero attached hydrogens (tertiary/aromatic N) is 1. The van der Waals surface area contributed by atoms with E-state index in [1.807, 2.05) is 13.8 Å². The number of hydrogen-bond acceptors (Lipinski definition) is 4. The Labute approximate surface area is 83.0 Å². The molecular weight excluding hydrogens is 182 g/mol. The van der Waals surface area contributed by atoms with Crippen LogP contribution in [0, 0.1) is 5.41 Å². The average molecular weight is 196 g/mol. The Morgan fingerprint density at radius 2 is 2.14 bits per heavy atom. The van der Waals surface area contributed by atoms with E-state index in [0.29, 0.717) is 25.0 Å². The Bertz CT molecular complexity index is 292. The van der Waals surface area contributed by atoms with Gasteiger partial charge in [-0.1, -0.05) is 13.8 Å². The van der Waals surface area contributed by atoms with Gasteiger partial charge in [-0.05, 0) is 11.8 Å². The van der Waals surface area contributed by atoms with Crippen molar-refractivity contribution in [1.82, 2.24) is 0 Å². The van der Waals surface area contributed by atoms with Gasteiger partial charge >= 0.3 is 0 Å². The molecule has 14 heavy (non-hydrogen) atoms. The van der Waals surface area contributed by atoms with Crippen LogP contribution in [0.1, 0.15) is 33.1 Å². The summed E-state index contributed by atoms with van der Waals surface area (Å²) in [7, 11) is 0. The molecule has 78 valence electrons. The van der Waals surface area contributed by atoms with Crippen molar-refractivity contribution in [2.24, 2.45) is 10.4 Å². The summed E-state index contributed by atoms with van der Waals surface area (Å²) in [5.41, 5.74) is 0.607. The van der Waals surface area contributed by atoms with Gasteiger partial charge in [-0.2, -0.15) is 0 Å². The van der Waals surface area contributed by atoms with Crippen LogP contribution in [0.4, 0.5) is 0 Å². The van der Waals surface area contributed by atoms with Crippen molar-refractivity contribution in [3.63, 3.8) is 0 Å². The molecule has 0 aromatic rings. The zero-order chi connectivity index (χ0) is 10.8. The molecule has 0 aliphatic heterocycles. The number of aliphatic carboxylic acids is 1. The van der Waals surface area contributed by atoms with Crippen LogP contribution in [0.5, 0.6) is 0 Å². The molecule has 0 aromatic carbocycles. The van der Waals surface area contributed by atoms with Crippen LogP contribution >= 0.6 is 0 Å². The number of hydrogen-bond donors (Lipinski definition) is 0. The van der Waals surface area contributed by atoms with E-state index in [9.17, 15) is 14.7 Å². The second kappa shape index (κ2) is 3.90. The Hall–Kier alpha value is -1.19. The van der Waals surface area contributed by atoms with Gasteiger partial charge in [0.1, 0.15) is 5.78 Å². The van der Waals surface area contributed by atoms with E-state index in [4.69, 9.17) is 0 Å². The van der Waals surface area contributed by atoms with Gasteiger partial charge in [0, 0.05) is 18.6 Å². The summed E-state index contributed by atoms with van der Waals surface area (Å²) >= 11 is 0. The second-order valence-corrected chi connectivity index (χ2v) is 4.49. The fraction of sp³-hybridized carbons (Fsp3) is 0.700. The van der Waals surface area contributed by atoms with Gasteiger partial charge in [0.25, 0.3) is 0 Å². The van der Waals surface area contributed by atoms with Gasteiger partial charge in [0.05, 0.1) is 12.5 Å². The number of aliphatic imine (C=N–C) groups is 1. The normalized spacial score (nSPS) is 23.9. The average Bonchev–Trinajstić information content (AvgIpc) is 1.96. The summed E-state index contributed by atoms with van der Waals surface area (Å²) in [4.78, 5) is 25.3. The Morgan fingerprint density at radius 3 is 2.64 bits per heavy atom. The lowest BCUT2D eigenvalue weighted by atomic mass is 9.76. The van der Waals surface area contributed by atoms with Gasteiger partial charge in [-0.25, -0.2) is 0 Å². The second-order valence-electron chi connectivity index (χ2n) is 4.49. The van der Waals surface area contributed by atoms with Gasteiger partial charge in [-0.15, -0.1) is 0 Å². The molecule has 1 fully saturated rings. The fourth-order valence-corrected chi connectivity index (χ4v) is 1.79. The molecule has 0 heterocycles. The smallest absolute Gasteiger partial charge is 0.139 e. The molecule has 0 N–H and O–H groups in total. The highest BCUT2D eigenvalue weighted by Crippen LogP contribution is 2.31. The van der Waals surface area contributed by atoms with E-state index in [1.54, 1.807) is 0 Å². The van der Waals surface area contributed by atoms with Crippen LogP contribution in [0.15, 0.2) is 4.99 Å². The number of carbonyl (C=O) groups excluding carboxylic acids is 2. The number of carboxylic acids is 1. The molecular formula is C10H14NO3-. The quantitative estimate of drug-likeness (QED) is 0.622. The van der Waals surface area contributed by atoms with E-state index >= 15 is 0 Å². The van der Waals surface area contributed by atoms with Crippen LogP contribution in [-0.4, -0.2) is 24.0 Å². The van der Waals surface area contributed by atoms with E-state index in [2.05, 4.69) is 4.99 Å². The van der Waals surface area contributed by atoms with Crippen LogP contribution in [0.3, 0.4) is 0 Å². The maximum absolute atomic E-state index is 11.3. The molecule has 0 atom stereocenters. The summed E-state index contributed by atoms with van der Waals surface area (Å²) in [6, 6.07) is 0. The first kappa shape index (κ1) is 10.9. The maximum atomic E-state index is 11.3. The van der Waals surface area contributed by atoms with Gasteiger partial charge in [-0.3, -0.25) is 9.79 Å². The first-order valence-electron chi connectivity index (χ1n) is 4.63. The zero-order valence-electron chi connectivity index (χ0n) is 8.50. The highest BCUT2D eigenvalue weighted by molar-refractivity contribution is 6.05. The predicted octanol–water partition coefficient (Wildman–Crippen LogP) is -0.0435. The van der Waals surface area contributed by atoms with Gasteiger partial charge < -0.3 is 9.90 Å². The summed E-state index contributed by atoms with van der Waals surface area (Å²) in [5, 5.41) is 10.2. The largest absolute Gasteiger partial charge is 0.548 e. The number of ketones is 1. The lowest BCUT2D eigenvalue weighted by Gasteiger charge is -2.29. The molecule has 0 bridgehead atoms. The Kier molecular flexibility index (Phi) is 3.03. The monoisotopic (exact) mass is 196 g/mol. The minimum absolute atomic E-state index is 0.0832. The van der Waals surface area contributed by atoms with Crippen molar-refractivity contribution in [2.45, 2.75) is 33.1 Å². The molecule has 4 nitrogen and oxygen atoms in total.